The van der Waals surface area contributed by atoms with E-state index in [9.17, 15) is 14.4 Å². The number of hydrogen-bond donors (Lipinski definition) is 2. The molecule has 1 heterocycles. The van der Waals surface area contributed by atoms with Crippen molar-refractivity contribution in [2.45, 2.75) is 64.4 Å². The predicted molar refractivity (Wildman–Crippen MR) is 123 cm³/mol. The van der Waals surface area contributed by atoms with E-state index >= 15 is 0 Å². The van der Waals surface area contributed by atoms with Crippen LogP contribution in [0.25, 0.3) is 0 Å². The van der Waals surface area contributed by atoms with Crippen LogP contribution in [0.4, 0.5) is 4.79 Å². The zero-order valence-electron chi connectivity index (χ0n) is 19.3. The lowest BCUT2D eigenvalue weighted by molar-refractivity contribution is -0.139. The van der Waals surface area contributed by atoms with E-state index in [-0.39, 0.29) is 41.2 Å². The van der Waals surface area contributed by atoms with Crippen LogP contribution in [0, 0.1) is 5.92 Å². The van der Waals surface area contributed by atoms with E-state index < -0.39 is 14.4 Å². The molecule has 0 saturated carbocycles. The zero-order chi connectivity index (χ0) is 23.4. The fraction of sp³-hybridized carbons (Fsp3) is 0.522. The fourth-order valence-electron chi connectivity index (χ4n) is 3.21. The van der Waals surface area contributed by atoms with E-state index in [0.29, 0.717) is 17.9 Å². The largest absolute Gasteiger partial charge is 0.413 e. The maximum absolute atomic E-state index is 12.7. The van der Waals surface area contributed by atoms with E-state index in [4.69, 9.17) is 9.16 Å². The Morgan fingerprint density at radius 3 is 2.39 bits per heavy atom. The molecule has 1 aliphatic rings. The Morgan fingerprint density at radius 2 is 1.87 bits per heavy atom. The molecule has 1 aliphatic heterocycles. The second-order valence-electron chi connectivity index (χ2n) is 9.43. The Bertz CT molecular complexity index is 829. The van der Waals surface area contributed by atoms with Gasteiger partial charge in [0.25, 0.3) is 0 Å². The third-order valence-corrected chi connectivity index (χ3v) is 10.6. The SMILES string of the molecule is C=CCNC(=O)Oc1ccc(C(=O)C[C@H]2NC(=O)[C@@H]2[C@@H](C)O[Si](C)(C)C(C)(C)C)cc1. The van der Waals surface area contributed by atoms with Crippen molar-refractivity contribution in [3.8, 4) is 5.75 Å². The van der Waals surface area contributed by atoms with Gasteiger partial charge in [0.05, 0.1) is 18.1 Å². The van der Waals surface area contributed by atoms with E-state index in [2.05, 4.69) is 51.1 Å². The molecule has 0 bridgehead atoms. The molecule has 7 nitrogen and oxygen atoms in total. The van der Waals surface area contributed by atoms with Gasteiger partial charge in [-0.2, -0.15) is 0 Å². The summed E-state index contributed by atoms with van der Waals surface area (Å²) in [5.74, 6) is -0.158. The molecule has 0 aliphatic carbocycles. The number of nitrogens with one attached hydrogen (secondary N) is 2. The number of amides is 2. The first-order valence-corrected chi connectivity index (χ1v) is 13.4. The van der Waals surface area contributed by atoms with Gasteiger partial charge in [-0.1, -0.05) is 26.8 Å². The number of carbonyl (C=O) groups excluding carboxylic acids is 3. The highest BCUT2D eigenvalue weighted by Gasteiger charge is 2.47. The van der Waals surface area contributed by atoms with Crippen molar-refractivity contribution >= 4 is 26.1 Å². The molecule has 31 heavy (non-hydrogen) atoms. The van der Waals surface area contributed by atoms with E-state index in [0.717, 1.165) is 0 Å². The van der Waals surface area contributed by atoms with Crippen LogP contribution in [0.1, 0.15) is 44.5 Å². The second-order valence-corrected chi connectivity index (χ2v) is 14.2. The third-order valence-electron chi connectivity index (χ3n) is 6.04. The summed E-state index contributed by atoms with van der Waals surface area (Å²) in [6, 6.07) is 6.12. The predicted octanol–water partition coefficient (Wildman–Crippen LogP) is 4.06. The molecule has 2 rings (SSSR count). The van der Waals surface area contributed by atoms with Gasteiger partial charge in [-0.15, -0.1) is 6.58 Å². The van der Waals surface area contributed by atoms with E-state index in [1.54, 1.807) is 30.3 Å². The highest BCUT2D eigenvalue weighted by atomic mass is 28.4. The monoisotopic (exact) mass is 446 g/mol. The van der Waals surface area contributed by atoms with Crippen molar-refractivity contribution in [3.63, 3.8) is 0 Å². The number of benzene rings is 1. The summed E-state index contributed by atoms with van der Waals surface area (Å²) in [6.45, 7) is 16.5. The Hall–Kier alpha value is -2.45. The minimum absolute atomic E-state index is 0.0409. The molecular weight excluding hydrogens is 412 g/mol. The van der Waals surface area contributed by atoms with Gasteiger partial charge in [0, 0.05) is 18.5 Å². The lowest BCUT2D eigenvalue weighted by atomic mass is 9.82. The lowest BCUT2D eigenvalue weighted by Crippen LogP contribution is -2.64. The summed E-state index contributed by atoms with van der Waals surface area (Å²) >= 11 is 0. The van der Waals surface area contributed by atoms with Crippen LogP contribution in [0.15, 0.2) is 36.9 Å². The first-order valence-electron chi connectivity index (χ1n) is 10.5. The molecular formula is C23H34N2O5Si. The molecule has 0 spiro atoms. The zero-order valence-corrected chi connectivity index (χ0v) is 20.3. The van der Waals surface area contributed by atoms with Crippen molar-refractivity contribution in [1.82, 2.24) is 10.6 Å². The van der Waals surface area contributed by atoms with Crippen LogP contribution in [-0.4, -0.2) is 44.8 Å². The quantitative estimate of drug-likeness (QED) is 0.258. The number of hydrogen-bond acceptors (Lipinski definition) is 5. The molecule has 2 N–H and O–H groups in total. The Balaban J connectivity index is 1.96. The van der Waals surface area contributed by atoms with Crippen LogP contribution >= 0.6 is 0 Å². The number of carbonyl (C=O) groups is 3. The minimum Gasteiger partial charge on any atom is -0.413 e. The molecule has 1 aromatic rings. The Morgan fingerprint density at radius 1 is 1.26 bits per heavy atom. The van der Waals surface area contributed by atoms with E-state index in [1.807, 2.05) is 6.92 Å². The van der Waals surface area contributed by atoms with Crippen LogP contribution in [-0.2, 0) is 9.22 Å². The smallest absolute Gasteiger partial charge is 0.412 e. The summed E-state index contributed by atoms with van der Waals surface area (Å²) in [6.07, 6.45) is 0.905. The molecule has 0 unspecified atom stereocenters. The molecule has 2 amide bonds. The van der Waals surface area contributed by atoms with Gasteiger partial charge in [-0.25, -0.2) is 4.79 Å². The number of rotatable bonds is 9. The molecule has 1 aromatic carbocycles. The lowest BCUT2D eigenvalue weighted by Gasteiger charge is -2.45. The number of Topliss-reactive ketones (excluding diaryl/α,β-unsaturated/α-hetero) is 1. The molecule has 3 atom stereocenters. The Kier molecular flexibility index (Phi) is 7.83. The summed E-state index contributed by atoms with van der Waals surface area (Å²) in [5, 5.41) is 5.40. The first-order chi connectivity index (χ1) is 14.4. The van der Waals surface area contributed by atoms with Crippen molar-refractivity contribution < 1.29 is 23.5 Å². The van der Waals surface area contributed by atoms with Crippen LogP contribution in [0.2, 0.25) is 18.1 Å². The molecule has 0 aromatic heterocycles. The normalized spacial score (nSPS) is 19.6. The molecule has 1 saturated heterocycles. The average Bonchev–Trinajstić information content (AvgIpc) is 2.64. The van der Waals surface area contributed by atoms with Gasteiger partial charge in [-0.05, 0) is 49.3 Å². The van der Waals surface area contributed by atoms with Crippen molar-refractivity contribution in [3.05, 3.63) is 42.5 Å². The van der Waals surface area contributed by atoms with Gasteiger partial charge >= 0.3 is 6.09 Å². The van der Waals surface area contributed by atoms with Crippen molar-refractivity contribution in [2.75, 3.05) is 6.54 Å². The number of β-lactam (4-membered cyclic amide) rings is 1. The topological polar surface area (TPSA) is 93.7 Å². The summed E-state index contributed by atoms with van der Waals surface area (Å²) < 4.78 is 11.5. The fourth-order valence-corrected chi connectivity index (χ4v) is 4.64. The standard InChI is InChI=1S/C23H34N2O5Si/c1-8-13-24-22(28)29-17-11-9-16(10-12-17)19(26)14-18-20(21(27)25-18)15(2)30-31(6,7)23(3,4)5/h8-12,15,18,20H,1,13-14H2,2-7H3,(H,24,28)(H,25,27)/t15-,18-,20-/m1/s1. The average molecular weight is 447 g/mol. The third kappa shape index (κ3) is 6.27. The minimum atomic E-state index is -2.02. The summed E-state index contributed by atoms with van der Waals surface area (Å²) in [7, 11) is -2.02. The van der Waals surface area contributed by atoms with Gasteiger partial charge in [0.15, 0.2) is 14.1 Å². The molecule has 8 heteroatoms. The molecule has 170 valence electrons. The Labute approximate surface area is 185 Å². The van der Waals surface area contributed by atoms with Gasteiger partial charge in [0.1, 0.15) is 5.75 Å². The van der Waals surface area contributed by atoms with Crippen LogP contribution in [0.5, 0.6) is 5.75 Å². The number of ketones is 1. The maximum atomic E-state index is 12.7. The van der Waals surface area contributed by atoms with Gasteiger partial charge < -0.3 is 19.8 Å². The second kappa shape index (κ2) is 9.78. The van der Waals surface area contributed by atoms with Gasteiger partial charge in [0.2, 0.25) is 5.91 Å². The highest BCUT2D eigenvalue weighted by Crippen LogP contribution is 2.39. The van der Waals surface area contributed by atoms with Gasteiger partial charge in [-0.3, -0.25) is 9.59 Å². The molecule has 1 fully saturated rings. The van der Waals surface area contributed by atoms with Crippen LogP contribution < -0.4 is 15.4 Å². The summed E-state index contributed by atoms with van der Waals surface area (Å²) in [4.78, 5) is 36.5. The number of ether oxygens (including phenoxy) is 1. The molecule has 0 radical (unpaired) electrons. The summed E-state index contributed by atoms with van der Waals surface area (Å²) in [5.41, 5.74) is 0.497. The van der Waals surface area contributed by atoms with E-state index in [1.165, 1.54) is 0 Å². The van der Waals surface area contributed by atoms with Crippen LogP contribution in [0.3, 0.4) is 0 Å². The maximum Gasteiger partial charge on any atom is 0.412 e. The first kappa shape index (κ1) is 24.8. The van der Waals surface area contributed by atoms with Crippen molar-refractivity contribution in [2.24, 2.45) is 5.92 Å². The van der Waals surface area contributed by atoms with Crippen molar-refractivity contribution in [1.29, 1.82) is 0 Å². The highest BCUT2D eigenvalue weighted by molar-refractivity contribution is 6.74.